The first-order chi connectivity index (χ1) is 32.6. The number of aromatic nitrogens is 4. The summed E-state index contributed by atoms with van der Waals surface area (Å²) in [6.07, 6.45) is 6.60. The largest absolute Gasteiger partial charge is 0.469 e. The first-order valence-electron chi connectivity index (χ1n) is 22.8. The van der Waals surface area contributed by atoms with Crippen molar-refractivity contribution in [1.29, 1.82) is 0 Å². The lowest BCUT2D eigenvalue weighted by Gasteiger charge is -2.29. The normalized spacial score (nSPS) is 16.4. The first-order valence-corrected chi connectivity index (χ1v) is 22.8. The number of carbonyl (C=O) groups excluding carboxylic acids is 4. The summed E-state index contributed by atoms with van der Waals surface area (Å²) in [6, 6.07) is 33.5. The summed E-state index contributed by atoms with van der Waals surface area (Å²) < 4.78 is 9.86. The van der Waals surface area contributed by atoms with Gasteiger partial charge in [0.25, 0.3) is 0 Å². The molecule has 4 aromatic carbocycles. The highest BCUT2D eigenvalue weighted by atomic mass is 16.5. The number of carbonyl (C=O) groups is 4. The fraction of sp³-hybridized carbons (Fsp3) is 0.309. The van der Waals surface area contributed by atoms with Crippen molar-refractivity contribution in [2.45, 2.75) is 70.4 Å². The number of esters is 2. The number of rotatable bonds is 13. The number of hydrogen-bond donors (Lipinski definition) is 2. The molecule has 2 aliphatic heterocycles. The van der Waals surface area contributed by atoms with Gasteiger partial charge in [-0.3, -0.25) is 19.2 Å². The van der Waals surface area contributed by atoms with E-state index in [9.17, 15) is 19.2 Å². The van der Waals surface area contributed by atoms with E-state index in [0.29, 0.717) is 30.4 Å². The van der Waals surface area contributed by atoms with Gasteiger partial charge in [0.05, 0.1) is 69.1 Å². The molecule has 0 saturated carbocycles. The second-order valence-corrected chi connectivity index (χ2v) is 17.3. The zero-order valence-corrected chi connectivity index (χ0v) is 38.3. The average molecular weight is 895 g/mol. The van der Waals surface area contributed by atoms with Crippen LogP contribution >= 0.6 is 0 Å². The Hall–Kier alpha value is -7.70. The Morgan fingerprint density at radius 2 is 1.22 bits per heavy atom. The lowest BCUT2D eigenvalue weighted by molar-refractivity contribution is -0.148. The highest BCUT2D eigenvalue weighted by Gasteiger charge is 2.39. The molecule has 2 amide bonds. The van der Waals surface area contributed by atoms with Crippen LogP contribution in [0.25, 0.3) is 33.5 Å². The van der Waals surface area contributed by atoms with Crippen molar-refractivity contribution in [2.75, 3.05) is 27.3 Å². The Kier molecular flexibility index (Phi) is 14.4. The van der Waals surface area contributed by atoms with Gasteiger partial charge < -0.3 is 29.2 Å². The van der Waals surface area contributed by atoms with Gasteiger partial charge in [-0.15, -0.1) is 0 Å². The summed E-state index contributed by atoms with van der Waals surface area (Å²) in [5, 5.41) is 0. The SMILES string of the molecule is COC(=O)C[C@H](C(=O)N1CCC[C@H]1c1ncc(-c2ccc(C#CC#Cc3cnc([C@@H]4CCCN4C(=O)[C@H](CC(=O)OC)c4ccccc4)[nH]3)c(-c3ccc(-c4ccccc4)cc3)c2)[nH]1)C(C)C. The summed E-state index contributed by atoms with van der Waals surface area (Å²) >= 11 is 0. The van der Waals surface area contributed by atoms with Crippen LogP contribution in [0.1, 0.15) is 98.8 Å². The quantitative estimate of drug-likeness (QED) is 0.0862. The van der Waals surface area contributed by atoms with E-state index < -0.39 is 23.8 Å². The third kappa shape index (κ3) is 10.6. The molecule has 4 heterocycles. The van der Waals surface area contributed by atoms with Crippen molar-refractivity contribution in [3.63, 3.8) is 0 Å². The van der Waals surface area contributed by atoms with Crippen LogP contribution in [0.15, 0.2) is 116 Å². The van der Waals surface area contributed by atoms with Gasteiger partial charge in [0.1, 0.15) is 17.3 Å². The van der Waals surface area contributed by atoms with Gasteiger partial charge >= 0.3 is 11.9 Å². The molecule has 0 bridgehead atoms. The molecule has 0 aliphatic carbocycles. The molecule has 0 radical (unpaired) electrons. The average Bonchev–Trinajstić information content (AvgIpc) is 4.22. The molecule has 67 heavy (non-hydrogen) atoms. The van der Waals surface area contributed by atoms with Crippen molar-refractivity contribution < 1.29 is 28.7 Å². The maximum atomic E-state index is 14.0. The second kappa shape index (κ2) is 21.1. The third-order valence-corrected chi connectivity index (χ3v) is 12.8. The number of amides is 2. The van der Waals surface area contributed by atoms with E-state index in [4.69, 9.17) is 14.5 Å². The van der Waals surface area contributed by atoms with E-state index in [0.717, 1.165) is 70.3 Å². The molecule has 0 spiro atoms. The van der Waals surface area contributed by atoms with E-state index in [1.807, 2.05) is 85.6 Å². The highest BCUT2D eigenvalue weighted by molar-refractivity contribution is 5.89. The number of hydrogen-bond acceptors (Lipinski definition) is 8. The number of imidazole rings is 2. The topological polar surface area (TPSA) is 151 Å². The molecule has 0 unspecified atom stereocenters. The minimum absolute atomic E-state index is 0.0290. The Morgan fingerprint density at radius 1 is 0.657 bits per heavy atom. The number of nitrogens with one attached hydrogen (secondary N) is 2. The van der Waals surface area contributed by atoms with Gasteiger partial charge in [-0.2, -0.15) is 0 Å². The molecule has 4 atom stereocenters. The molecule has 2 N–H and O–H groups in total. The summed E-state index contributed by atoms with van der Waals surface area (Å²) in [5.41, 5.74) is 7.95. The molecule has 2 fully saturated rings. The number of methoxy groups -OCH3 is 2. The Labute approximate surface area is 391 Å². The standard InChI is InChI=1S/C55H54N6O6/c1-36(2)44(32-50(62)66-3)54(64)60-29-14-22-49(60)53-57-35-47(59-53)42-28-27-40(45(31-42)41-25-23-38(24-26-41)37-15-7-5-8-16-37)19-11-12-20-43-34-56-52(58-43)48-21-13-30-61(48)55(65)46(33-51(63)67-4)39-17-9-6-10-18-39/h5-10,15-18,23-28,31,34-36,44,46,48-49H,13-14,21-22,29-30,32-33H2,1-4H3,(H,56,58)(H,57,59)/t44-,46+,48-,49-/m0/s1. The fourth-order valence-electron chi connectivity index (χ4n) is 9.15. The van der Waals surface area contributed by atoms with Crippen LogP contribution in [-0.2, 0) is 28.7 Å². The number of benzene rings is 4. The van der Waals surface area contributed by atoms with Crippen molar-refractivity contribution >= 4 is 23.8 Å². The van der Waals surface area contributed by atoms with Crippen LogP contribution in [0, 0.1) is 35.5 Å². The zero-order valence-electron chi connectivity index (χ0n) is 38.3. The summed E-state index contributed by atoms with van der Waals surface area (Å²) in [6.45, 7) is 5.07. The van der Waals surface area contributed by atoms with Crippen molar-refractivity contribution in [3.8, 4) is 57.2 Å². The number of nitrogens with zero attached hydrogens (tertiary/aromatic N) is 4. The molecular formula is C55H54N6O6. The van der Waals surface area contributed by atoms with Crippen LogP contribution in [0.2, 0.25) is 0 Å². The Bertz CT molecular complexity index is 2850. The van der Waals surface area contributed by atoms with Crippen molar-refractivity contribution in [3.05, 3.63) is 144 Å². The number of ether oxygens (including phenoxy) is 2. The lowest BCUT2D eigenvalue weighted by Crippen LogP contribution is -2.39. The third-order valence-electron chi connectivity index (χ3n) is 12.8. The van der Waals surface area contributed by atoms with E-state index in [1.165, 1.54) is 14.2 Å². The van der Waals surface area contributed by atoms with Crippen LogP contribution in [-0.4, -0.2) is 80.8 Å². The minimum Gasteiger partial charge on any atom is -0.469 e. The van der Waals surface area contributed by atoms with E-state index in [2.05, 4.69) is 81.1 Å². The van der Waals surface area contributed by atoms with Gasteiger partial charge in [0.2, 0.25) is 11.8 Å². The first kappa shape index (κ1) is 45.9. The molecular weight excluding hydrogens is 841 g/mol. The predicted molar refractivity (Wildman–Crippen MR) is 255 cm³/mol. The molecule has 2 saturated heterocycles. The number of likely N-dealkylation sites (tertiary alicyclic amines) is 2. The van der Waals surface area contributed by atoms with Crippen LogP contribution in [0.5, 0.6) is 0 Å². The van der Waals surface area contributed by atoms with Crippen molar-refractivity contribution in [1.82, 2.24) is 29.7 Å². The van der Waals surface area contributed by atoms with Crippen molar-refractivity contribution in [2.24, 2.45) is 11.8 Å². The summed E-state index contributed by atoms with van der Waals surface area (Å²) in [7, 11) is 2.68. The predicted octanol–water partition coefficient (Wildman–Crippen LogP) is 9.05. The number of aromatic amines is 2. The summed E-state index contributed by atoms with van der Waals surface area (Å²) in [5.74, 6) is 11.6. The maximum Gasteiger partial charge on any atom is 0.306 e. The van der Waals surface area contributed by atoms with Gasteiger partial charge in [0.15, 0.2) is 0 Å². The van der Waals surface area contributed by atoms with Crippen LogP contribution in [0.3, 0.4) is 0 Å². The molecule has 6 aromatic rings. The zero-order chi connectivity index (χ0) is 46.9. The minimum atomic E-state index is -0.666. The monoisotopic (exact) mass is 894 g/mol. The molecule has 12 heteroatoms. The van der Waals surface area contributed by atoms with Crippen LogP contribution < -0.4 is 0 Å². The van der Waals surface area contributed by atoms with Crippen LogP contribution in [0.4, 0.5) is 0 Å². The summed E-state index contributed by atoms with van der Waals surface area (Å²) in [4.78, 5) is 72.4. The highest BCUT2D eigenvalue weighted by Crippen LogP contribution is 2.37. The maximum absolute atomic E-state index is 14.0. The van der Waals surface area contributed by atoms with E-state index in [-0.39, 0.29) is 42.7 Å². The molecule has 2 aromatic heterocycles. The van der Waals surface area contributed by atoms with E-state index in [1.54, 1.807) is 11.1 Å². The lowest BCUT2D eigenvalue weighted by atomic mass is 9.91. The molecule has 12 nitrogen and oxygen atoms in total. The second-order valence-electron chi connectivity index (χ2n) is 17.3. The Balaban J connectivity index is 1.04. The van der Waals surface area contributed by atoms with Gasteiger partial charge in [-0.05, 0) is 89.3 Å². The van der Waals surface area contributed by atoms with E-state index >= 15 is 0 Å². The fourth-order valence-corrected chi connectivity index (χ4v) is 9.15. The molecule has 8 rings (SSSR count). The Morgan fingerprint density at radius 3 is 1.90 bits per heavy atom. The van der Waals surface area contributed by atoms with Gasteiger partial charge in [0, 0.05) is 24.2 Å². The van der Waals surface area contributed by atoms with Gasteiger partial charge in [-0.25, -0.2) is 9.97 Å². The molecule has 340 valence electrons. The smallest absolute Gasteiger partial charge is 0.306 e. The molecule has 2 aliphatic rings. The number of H-pyrrole nitrogens is 2. The van der Waals surface area contributed by atoms with Gasteiger partial charge in [-0.1, -0.05) is 111 Å².